The number of rotatable bonds is 4. The summed E-state index contributed by atoms with van der Waals surface area (Å²) in [5, 5.41) is 7.25. The van der Waals surface area contributed by atoms with Gasteiger partial charge in [0.05, 0.1) is 22.1 Å². The Hall–Kier alpha value is -6.59. The van der Waals surface area contributed by atoms with Gasteiger partial charge in [0.2, 0.25) is 5.95 Å². The minimum absolute atomic E-state index is 0.588. The van der Waals surface area contributed by atoms with E-state index >= 15 is 0 Å². The van der Waals surface area contributed by atoms with E-state index < -0.39 is 0 Å². The summed E-state index contributed by atoms with van der Waals surface area (Å²) < 4.78 is 4.61. The van der Waals surface area contributed by atoms with E-state index in [1.165, 1.54) is 32.4 Å². The van der Waals surface area contributed by atoms with Crippen molar-refractivity contribution >= 4 is 54.4 Å². The molecule has 0 aliphatic heterocycles. The van der Waals surface area contributed by atoms with E-state index in [1.807, 2.05) is 60.7 Å². The lowest BCUT2D eigenvalue weighted by atomic mass is 10.0. The summed E-state index contributed by atoms with van der Waals surface area (Å²) in [7, 11) is 0. The van der Waals surface area contributed by atoms with Gasteiger partial charge in [0, 0.05) is 38.4 Å². The molecule has 0 unspecified atom stereocenters. The third kappa shape index (κ3) is 3.94. The zero-order valence-corrected chi connectivity index (χ0v) is 25.8. The van der Waals surface area contributed by atoms with Crippen molar-refractivity contribution in [1.82, 2.24) is 24.1 Å². The number of fused-ring (bicyclic) bond motifs is 9. The SMILES string of the molecule is c1ccc(-c2nc(-c3ccccc3)nc(-n3c4ccccc4c4c5c6c7ccccc7ccc6n(-c6ccccc6)c5ccc43)n2)cc1. The smallest absolute Gasteiger partial charge is 0.238 e. The van der Waals surface area contributed by atoms with Crippen LogP contribution >= 0.6 is 0 Å². The molecular formula is C43H27N5. The maximum atomic E-state index is 5.15. The number of hydrogen-bond acceptors (Lipinski definition) is 3. The van der Waals surface area contributed by atoms with Gasteiger partial charge in [-0.2, -0.15) is 9.97 Å². The van der Waals surface area contributed by atoms with Gasteiger partial charge in [0.15, 0.2) is 11.6 Å². The van der Waals surface area contributed by atoms with E-state index in [0.29, 0.717) is 17.6 Å². The number of hydrogen-bond donors (Lipinski definition) is 0. The average Bonchev–Trinajstić information content (AvgIpc) is 3.69. The summed E-state index contributed by atoms with van der Waals surface area (Å²) >= 11 is 0. The molecule has 0 radical (unpaired) electrons. The van der Waals surface area contributed by atoms with Crippen LogP contribution in [-0.4, -0.2) is 24.1 Å². The molecule has 48 heavy (non-hydrogen) atoms. The Labute approximate surface area is 276 Å². The van der Waals surface area contributed by atoms with E-state index in [4.69, 9.17) is 15.0 Å². The molecular weight excluding hydrogens is 587 g/mol. The molecule has 10 aromatic rings. The summed E-state index contributed by atoms with van der Waals surface area (Å²) in [6, 6.07) is 57.2. The highest BCUT2D eigenvalue weighted by molar-refractivity contribution is 6.33. The molecule has 0 spiro atoms. The first-order chi connectivity index (χ1) is 23.8. The normalized spacial score (nSPS) is 11.8. The summed E-state index contributed by atoms with van der Waals surface area (Å²) in [6.07, 6.45) is 0. The third-order valence-electron chi connectivity index (χ3n) is 9.36. The number of aromatic nitrogens is 5. The highest BCUT2D eigenvalue weighted by atomic mass is 15.2. The largest absolute Gasteiger partial charge is 0.309 e. The highest BCUT2D eigenvalue weighted by Crippen LogP contribution is 2.44. The number of nitrogens with zero attached hydrogens (tertiary/aromatic N) is 5. The topological polar surface area (TPSA) is 48.5 Å². The molecule has 0 aliphatic carbocycles. The van der Waals surface area contributed by atoms with Gasteiger partial charge in [-0.3, -0.25) is 4.57 Å². The van der Waals surface area contributed by atoms with E-state index in [2.05, 4.69) is 112 Å². The lowest BCUT2D eigenvalue weighted by Crippen LogP contribution is -2.06. The Morgan fingerprint density at radius 2 is 0.833 bits per heavy atom. The second kappa shape index (κ2) is 10.5. The Morgan fingerprint density at radius 3 is 1.52 bits per heavy atom. The van der Waals surface area contributed by atoms with Crippen molar-refractivity contribution < 1.29 is 0 Å². The first-order valence-corrected chi connectivity index (χ1v) is 16.1. The van der Waals surface area contributed by atoms with Gasteiger partial charge in [-0.25, -0.2) is 4.98 Å². The molecule has 0 saturated heterocycles. The second-order valence-electron chi connectivity index (χ2n) is 12.1. The Bertz CT molecular complexity index is 2760. The lowest BCUT2D eigenvalue weighted by Gasteiger charge is -2.11. The monoisotopic (exact) mass is 613 g/mol. The summed E-state index contributed by atoms with van der Waals surface area (Å²) in [5.41, 5.74) is 7.45. The maximum absolute atomic E-state index is 5.15. The van der Waals surface area contributed by atoms with Crippen LogP contribution in [0.1, 0.15) is 0 Å². The third-order valence-corrected chi connectivity index (χ3v) is 9.36. The van der Waals surface area contributed by atoms with Crippen molar-refractivity contribution in [2.24, 2.45) is 0 Å². The zero-order chi connectivity index (χ0) is 31.6. The fourth-order valence-corrected chi connectivity index (χ4v) is 7.30. The van der Waals surface area contributed by atoms with Crippen LogP contribution in [0, 0.1) is 0 Å². The van der Waals surface area contributed by atoms with Gasteiger partial charge >= 0.3 is 0 Å². The zero-order valence-electron chi connectivity index (χ0n) is 25.8. The molecule has 5 nitrogen and oxygen atoms in total. The molecule has 0 N–H and O–H groups in total. The molecule has 0 bridgehead atoms. The van der Waals surface area contributed by atoms with Crippen LogP contribution in [0.5, 0.6) is 0 Å². The van der Waals surface area contributed by atoms with Crippen molar-refractivity contribution in [2.75, 3.05) is 0 Å². The predicted molar refractivity (Wildman–Crippen MR) is 197 cm³/mol. The molecule has 0 atom stereocenters. The van der Waals surface area contributed by atoms with Gasteiger partial charge < -0.3 is 4.57 Å². The molecule has 10 rings (SSSR count). The van der Waals surface area contributed by atoms with Crippen molar-refractivity contribution in [3.63, 3.8) is 0 Å². The molecule has 3 aromatic heterocycles. The summed E-state index contributed by atoms with van der Waals surface area (Å²) in [4.78, 5) is 15.3. The van der Waals surface area contributed by atoms with Crippen LogP contribution in [0.3, 0.4) is 0 Å². The Kier molecular flexibility index (Phi) is 5.81. The minimum atomic E-state index is 0.588. The number of benzene rings is 7. The van der Waals surface area contributed by atoms with Gasteiger partial charge in [-0.1, -0.05) is 127 Å². The Balaban J connectivity index is 1.37. The van der Waals surface area contributed by atoms with E-state index in [0.717, 1.165) is 38.8 Å². The maximum Gasteiger partial charge on any atom is 0.238 e. The molecule has 5 heteroatoms. The van der Waals surface area contributed by atoms with Gasteiger partial charge in [-0.15, -0.1) is 0 Å². The molecule has 0 aliphatic rings. The van der Waals surface area contributed by atoms with Crippen LogP contribution < -0.4 is 0 Å². The van der Waals surface area contributed by atoms with Crippen LogP contribution in [0.2, 0.25) is 0 Å². The predicted octanol–water partition coefficient (Wildman–Crippen LogP) is 10.6. The van der Waals surface area contributed by atoms with E-state index in [-0.39, 0.29) is 0 Å². The van der Waals surface area contributed by atoms with Crippen LogP contribution in [0.15, 0.2) is 164 Å². The van der Waals surface area contributed by atoms with Crippen LogP contribution in [0.4, 0.5) is 0 Å². The van der Waals surface area contributed by atoms with E-state index in [1.54, 1.807) is 0 Å². The second-order valence-corrected chi connectivity index (χ2v) is 12.1. The first-order valence-electron chi connectivity index (χ1n) is 16.1. The van der Waals surface area contributed by atoms with Crippen LogP contribution in [0.25, 0.3) is 88.8 Å². The fraction of sp³-hybridized carbons (Fsp3) is 0. The number of para-hydroxylation sites is 2. The van der Waals surface area contributed by atoms with Gasteiger partial charge in [-0.05, 0) is 47.2 Å². The highest BCUT2D eigenvalue weighted by Gasteiger charge is 2.23. The molecule has 0 saturated carbocycles. The Morgan fingerprint density at radius 1 is 0.333 bits per heavy atom. The summed E-state index contributed by atoms with van der Waals surface area (Å²) in [5.74, 6) is 1.86. The van der Waals surface area contributed by atoms with Crippen molar-refractivity contribution in [3.05, 3.63) is 164 Å². The standard InChI is InChI=1S/C43H27N5/c1-4-15-29(16-5-1)41-44-42(30-17-6-2-7-18-30)46-43(45-41)48-34-23-13-12-22-33(34)39-36(48)26-27-37-40(39)38-32-21-11-10-14-28(32)24-25-35(38)47(37)31-19-8-3-9-20-31/h1-27H. The van der Waals surface area contributed by atoms with Crippen molar-refractivity contribution in [3.8, 4) is 34.4 Å². The van der Waals surface area contributed by atoms with E-state index in [9.17, 15) is 0 Å². The first kappa shape index (κ1) is 26.6. The quantitative estimate of drug-likeness (QED) is 0.198. The van der Waals surface area contributed by atoms with Gasteiger partial charge in [0.25, 0.3) is 0 Å². The average molecular weight is 614 g/mol. The molecule has 0 fully saturated rings. The van der Waals surface area contributed by atoms with Crippen molar-refractivity contribution in [2.45, 2.75) is 0 Å². The van der Waals surface area contributed by atoms with Gasteiger partial charge in [0.1, 0.15) is 0 Å². The molecule has 3 heterocycles. The summed E-state index contributed by atoms with van der Waals surface area (Å²) in [6.45, 7) is 0. The van der Waals surface area contributed by atoms with Crippen LogP contribution in [-0.2, 0) is 0 Å². The molecule has 7 aromatic carbocycles. The molecule has 0 amide bonds. The lowest BCUT2D eigenvalue weighted by molar-refractivity contribution is 0.953. The minimum Gasteiger partial charge on any atom is -0.309 e. The fourth-order valence-electron chi connectivity index (χ4n) is 7.30. The molecule has 224 valence electrons. The van der Waals surface area contributed by atoms with Crippen molar-refractivity contribution in [1.29, 1.82) is 0 Å².